The minimum atomic E-state index is 0. The van der Waals surface area contributed by atoms with Crippen LogP contribution in [-0.2, 0) is 0 Å². The second kappa shape index (κ2) is 5.64. The summed E-state index contributed by atoms with van der Waals surface area (Å²) in [5.41, 5.74) is 3.73. The SMILES string of the molecule is I.c1cc(-c2ccc(C3=NCCN3)cc2)cs1. The molecule has 0 saturated heterocycles. The first-order chi connectivity index (χ1) is 7.93. The van der Waals surface area contributed by atoms with Gasteiger partial charge in [0, 0.05) is 12.1 Å². The van der Waals surface area contributed by atoms with E-state index in [4.69, 9.17) is 0 Å². The molecule has 2 nitrogen and oxygen atoms in total. The molecule has 3 rings (SSSR count). The van der Waals surface area contributed by atoms with Crippen molar-refractivity contribution in [3.8, 4) is 11.1 Å². The molecule has 1 aliphatic rings. The summed E-state index contributed by atoms with van der Waals surface area (Å²) in [6.45, 7) is 1.85. The lowest BCUT2D eigenvalue weighted by Crippen LogP contribution is -2.19. The van der Waals surface area contributed by atoms with E-state index in [1.165, 1.54) is 16.7 Å². The normalized spacial score (nSPS) is 13.8. The maximum absolute atomic E-state index is 4.41. The molecule has 4 heteroatoms. The number of nitrogens with one attached hydrogen (secondary N) is 1. The number of aliphatic imine (C=N–C) groups is 1. The van der Waals surface area contributed by atoms with Gasteiger partial charge in [-0.05, 0) is 28.0 Å². The Morgan fingerprint density at radius 3 is 2.35 bits per heavy atom. The van der Waals surface area contributed by atoms with Crippen LogP contribution in [0.4, 0.5) is 0 Å². The Morgan fingerprint density at radius 1 is 1.00 bits per heavy atom. The van der Waals surface area contributed by atoms with Gasteiger partial charge in [-0.15, -0.1) is 24.0 Å². The molecule has 2 heterocycles. The fraction of sp³-hybridized carbons (Fsp3) is 0.154. The summed E-state index contributed by atoms with van der Waals surface area (Å²) in [6.07, 6.45) is 0. The second-order valence-electron chi connectivity index (χ2n) is 3.75. The fourth-order valence-electron chi connectivity index (χ4n) is 1.84. The van der Waals surface area contributed by atoms with Crippen LogP contribution < -0.4 is 5.32 Å². The predicted octanol–water partition coefficient (Wildman–Crippen LogP) is 3.38. The van der Waals surface area contributed by atoms with E-state index in [9.17, 15) is 0 Å². The maximum Gasteiger partial charge on any atom is 0.128 e. The highest BCUT2D eigenvalue weighted by Crippen LogP contribution is 2.22. The lowest BCUT2D eigenvalue weighted by atomic mass is 10.1. The van der Waals surface area contributed by atoms with Crippen LogP contribution in [0.2, 0.25) is 0 Å². The Kier molecular flexibility index (Phi) is 4.17. The minimum Gasteiger partial charge on any atom is -0.368 e. The van der Waals surface area contributed by atoms with Crippen molar-refractivity contribution in [2.75, 3.05) is 13.1 Å². The van der Waals surface area contributed by atoms with E-state index in [0.29, 0.717) is 0 Å². The monoisotopic (exact) mass is 356 g/mol. The third kappa shape index (κ3) is 2.69. The van der Waals surface area contributed by atoms with Crippen LogP contribution in [0.1, 0.15) is 5.56 Å². The number of hydrogen-bond donors (Lipinski definition) is 1. The van der Waals surface area contributed by atoms with Gasteiger partial charge in [0.15, 0.2) is 0 Å². The zero-order valence-electron chi connectivity index (χ0n) is 9.22. The van der Waals surface area contributed by atoms with Crippen molar-refractivity contribution in [2.45, 2.75) is 0 Å². The van der Waals surface area contributed by atoms with Gasteiger partial charge in [0.2, 0.25) is 0 Å². The topological polar surface area (TPSA) is 24.4 Å². The number of hydrogen-bond acceptors (Lipinski definition) is 3. The average Bonchev–Trinajstić information content (AvgIpc) is 3.03. The lowest BCUT2D eigenvalue weighted by Gasteiger charge is -2.03. The molecule has 0 radical (unpaired) electrons. The van der Waals surface area contributed by atoms with E-state index in [1.807, 2.05) is 0 Å². The Morgan fingerprint density at radius 2 is 1.76 bits per heavy atom. The van der Waals surface area contributed by atoms with Gasteiger partial charge in [0.25, 0.3) is 0 Å². The highest BCUT2D eigenvalue weighted by atomic mass is 127. The van der Waals surface area contributed by atoms with Gasteiger partial charge in [-0.2, -0.15) is 11.3 Å². The Labute approximate surface area is 122 Å². The van der Waals surface area contributed by atoms with E-state index in [2.05, 4.69) is 51.4 Å². The maximum atomic E-state index is 4.41. The Bertz CT molecular complexity index is 503. The first-order valence-corrected chi connectivity index (χ1v) is 6.29. The van der Waals surface area contributed by atoms with Crippen molar-refractivity contribution >= 4 is 41.1 Å². The summed E-state index contributed by atoms with van der Waals surface area (Å²) in [6, 6.07) is 10.7. The summed E-state index contributed by atoms with van der Waals surface area (Å²) in [5.74, 6) is 1.02. The first-order valence-electron chi connectivity index (χ1n) is 5.35. The van der Waals surface area contributed by atoms with Gasteiger partial charge in [-0.3, -0.25) is 4.99 Å². The number of rotatable bonds is 2. The van der Waals surface area contributed by atoms with Crippen LogP contribution >= 0.6 is 35.3 Å². The third-order valence-corrected chi connectivity index (χ3v) is 3.37. The highest BCUT2D eigenvalue weighted by molar-refractivity contribution is 14.0. The van der Waals surface area contributed by atoms with E-state index in [-0.39, 0.29) is 24.0 Å². The first kappa shape index (κ1) is 12.6. The van der Waals surface area contributed by atoms with Gasteiger partial charge in [-0.25, -0.2) is 0 Å². The van der Waals surface area contributed by atoms with Gasteiger partial charge >= 0.3 is 0 Å². The van der Waals surface area contributed by atoms with Crippen molar-refractivity contribution < 1.29 is 0 Å². The summed E-state index contributed by atoms with van der Waals surface area (Å²) in [4.78, 5) is 4.41. The second-order valence-corrected chi connectivity index (χ2v) is 4.53. The number of nitrogens with zero attached hydrogens (tertiary/aromatic N) is 1. The van der Waals surface area contributed by atoms with E-state index < -0.39 is 0 Å². The molecule has 0 spiro atoms. The van der Waals surface area contributed by atoms with Gasteiger partial charge in [0.1, 0.15) is 5.84 Å². The van der Waals surface area contributed by atoms with Crippen molar-refractivity contribution in [1.82, 2.24) is 5.32 Å². The largest absolute Gasteiger partial charge is 0.368 e. The zero-order chi connectivity index (χ0) is 10.8. The molecule has 1 aliphatic heterocycles. The molecule has 0 fully saturated rings. The molecule has 1 aromatic heterocycles. The Balaban J connectivity index is 0.00000108. The smallest absolute Gasteiger partial charge is 0.128 e. The van der Waals surface area contributed by atoms with Crippen molar-refractivity contribution in [3.63, 3.8) is 0 Å². The van der Waals surface area contributed by atoms with Crippen LogP contribution in [0, 0.1) is 0 Å². The number of thiophene rings is 1. The average molecular weight is 356 g/mol. The molecule has 0 atom stereocenters. The third-order valence-electron chi connectivity index (χ3n) is 2.69. The molecule has 0 aliphatic carbocycles. The van der Waals surface area contributed by atoms with Crippen LogP contribution in [0.25, 0.3) is 11.1 Å². The van der Waals surface area contributed by atoms with Gasteiger partial charge in [0.05, 0.1) is 6.54 Å². The molecule has 0 saturated carbocycles. The molecule has 2 aromatic rings. The minimum absolute atomic E-state index is 0. The van der Waals surface area contributed by atoms with Gasteiger partial charge < -0.3 is 5.32 Å². The van der Waals surface area contributed by atoms with Crippen LogP contribution in [0.3, 0.4) is 0 Å². The van der Waals surface area contributed by atoms with Crippen LogP contribution in [0.15, 0.2) is 46.1 Å². The summed E-state index contributed by atoms with van der Waals surface area (Å²) in [5, 5.41) is 7.55. The lowest BCUT2D eigenvalue weighted by molar-refractivity contribution is 0.960. The quantitative estimate of drug-likeness (QED) is 0.820. The fourth-order valence-corrected chi connectivity index (χ4v) is 2.51. The molecule has 0 amide bonds. The summed E-state index contributed by atoms with van der Waals surface area (Å²) < 4.78 is 0. The number of amidine groups is 1. The van der Waals surface area contributed by atoms with Crippen molar-refractivity contribution in [3.05, 3.63) is 46.7 Å². The number of halogens is 1. The molecule has 1 N–H and O–H groups in total. The Hall–Kier alpha value is -0.880. The van der Waals surface area contributed by atoms with Crippen molar-refractivity contribution in [1.29, 1.82) is 0 Å². The number of benzene rings is 1. The molecule has 17 heavy (non-hydrogen) atoms. The van der Waals surface area contributed by atoms with E-state index >= 15 is 0 Å². The van der Waals surface area contributed by atoms with E-state index in [0.717, 1.165) is 18.9 Å². The molecule has 0 bridgehead atoms. The molecule has 1 aromatic carbocycles. The van der Waals surface area contributed by atoms with Crippen molar-refractivity contribution in [2.24, 2.45) is 4.99 Å². The summed E-state index contributed by atoms with van der Waals surface area (Å²) >= 11 is 1.73. The molecule has 88 valence electrons. The van der Waals surface area contributed by atoms with Crippen LogP contribution in [-0.4, -0.2) is 18.9 Å². The highest BCUT2D eigenvalue weighted by Gasteiger charge is 2.07. The zero-order valence-corrected chi connectivity index (χ0v) is 12.4. The predicted molar refractivity (Wildman–Crippen MR) is 84.6 cm³/mol. The van der Waals surface area contributed by atoms with E-state index in [1.54, 1.807) is 11.3 Å². The molecule has 0 unspecified atom stereocenters. The standard InChI is InChI=1S/C13H12N2S.HI/c1-3-11(13-14-6-7-15-13)4-2-10(1)12-5-8-16-9-12;/h1-5,8-9H,6-7H2,(H,14,15);1H. The van der Waals surface area contributed by atoms with Gasteiger partial charge in [-0.1, -0.05) is 24.3 Å². The van der Waals surface area contributed by atoms with Crippen LogP contribution in [0.5, 0.6) is 0 Å². The summed E-state index contributed by atoms with van der Waals surface area (Å²) in [7, 11) is 0. The molecular weight excluding hydrogens is 343 g/mol. The molecular formula is C13H13IN2S.